The Morgan fingerprint density at radius 1 is 1.14 bits per heavy atom. The van der Waals surface area contributed by atoms with Gasteiger partial charge in [-0.1, -0.05) is 12.1 Å². The van der Waals surface area contributed by atoms with Gasteiger partial charge in [-0.2, -0.15) is 0 Å². The number of amides is 1. The summed E-state index contributed by atoms with van der Waals surface area (Å²) in [5.41, 5.74) is 0.594. The van der Waals surface area contributed by atoms with E-state index < -0.39 is 17.2 Å². The molecule has 1 aromatic heterocycles. The van der Waals surface area contributed by atoms with Gasteiger partial charge in [-0.25, -0.2) is 4.39 Å². The zero-order valence-electron chi connectivity index (χ0n) is 15.8. The maximum absolute atomic E-state index is 14.4. The molecule has 5 rings (SSSR count). The maximum atomic E-state index is 14.4. The van der Waals surface area contributed by atoms with Crippen LogP contribution in [0.1, 0.15) is 23.2 Å². The fraction of sp³-hybridized carbons (Fsp3) is 0.273. The van der Waals surface area contributed by atoms with Crippen LogP contribution in [0.25, 0.3) is 16.6 Å². The summed E-state index contributed by atoms with van der Waals surface area (Å²) in [6.07, 6.45) is 3.85. The van der Waals surface area contributed by atoms with Crippen LogP contribution in [0.3, 0.4) is 0 Å². The van der Waals surface area contributed by atoms with E-state index in [0.29, 0.717) is 23.5 Å². The van der Waals surface area contributed by atoms with Crippen LogP contribution >= 0.6 is 0 Å². The Morgan fingerprint density at radius 3 is 2.76 bits per heavy atom. The Bertz CT molecular complexity index is 1180. The molecule has 0 bridgehead atoms. The molecule has 0 unspecified atom stereocenters. The fourth-order valence-electron chi connectivity index (χ4n) is 4.10. The monoisotopic (exact) mass is 393 g/mol. The van der Waals surface area contributed by atoms with Gasteiger partial charge in [-0.05, 0) is 50.2 Å². The first-order valence-corrected chi connectivity index (χ1v) is 9.79. The Labute approximate surface area is 166 Å². The van der Waals surface area contributed by atoms with E-state index in [2.05, 4.69) is 10.2 Å². The normalized spacial score (nSPS) is 15.2. The minimum Gasteiger partial charge on any atom is -0.450 e. The number of carbonyl (C=O) groups is 1. The summed E-state index contributed by atoms with van der Waals surface area (Å²) in [5.74, 6) is -0.507. The number of likely N-dealkylation sites (tertiary alicyclic amines) is 1. The van der Waals surface area contributed by atoms with Crippen LogP contribution in [0, 0.1) is 5.82 Å². The van der Waals surface area contributed by atoms with E-state index in [1.165, 1.54) is 31.2 Å². The number of nitrogens with zero attached hydrogens (tertiary/aromatic N) is 2. The minimum atomic E-state index is -0.553. The summed E-state index contributed by atoms with van der Waals surface area (Å²) in [6, 6.07) is 9.76. The van der Waals surface area contributed by atoms with E-state index in [1.54, 1.807) is 16.7 Å². The highest BCUT2D eigenvalue weighted by Gasteiger charge is 2.26. The molecule has 7 heteroatoms. The van der Waals surface area contributed by atoms with Gasteiger partial charge >= 0.3 is 0 Å². The summed E-state index contributed by atoms with van der Waals surface area (Å²) in [7, 11) is 0. The minimum absolute atomic E-state index is 0.000656. The molecular formula is C22H20FN3O3. The van der Waals surface area contributed by atoms with E-state index in [1.807, 2.05) is 12.1 Å². The molecule has 0 aliphatic carbocycles. The molecule has 1 saturated heterocycles. The lowest BCUT2D eigenvalue weighted by atomic mass is 10.1. The van der Waals surface area contributed by atoms with Crippen LogP contribution in [0.5, 0.6) is 11.5 Å². The first-order valence-electron chi connectivity index (χ1n) is 9.79. The van der Waals surface area contributed by atoms with Gasteiger partial charge in [0.1, 0.15) is 11.1 Å². The predicted molar refractivity (Wildman–Crippen MR) is 108 cm³/mol. The van der Waals surface area contributed by atoms with Crippen LogP contribution in [-0.4, -0.2) is 41.6 Å². The molecule has 1 N–H and O–H groups in total. The van der Waals surface area contributed by atoms with E-state index in [0.717, 1.165) is 19.6 Å². The second-order valence-electron chi connectivity index (χ2n) is 7.39. The molecule has 0 radical (unpaired) electrons. The summed E-state index contributed by atoms with van der Waals surface area (Å²) >= 11 is 0. The van der Waals surface area contributed by atoms with Gasteiger partial charge in [0.25, 0.3) is 5.91 Å². The van der Waals surface area contributed by atoms with Crippen molar-refractivity contribution in [1.29, 1.82) is 0 Å². The van der Waals surface area contributed by atoms with Crippen molar-refractivity contribution in [1.82, 2.24) is 14.8 Å². The highest BCUT2D eigenvalue weighted by atomic mass is 19.1. The maximum Gasteiger partial charge on any atom is 0.256 e. The van der Waals surface area contributed by atoms with Crippen molar-refractivity contribution in [2.24, 2.45) is 0 Å². The number of hydrogen-bond donors (Lipinski definition) is 1. The zero-order valence-corrected chi connectivity index (χ0v) is 15.8. The number of carbonyl (C=O) groups excluding carboxylic acids is 1. The zero-order chi connectivity index (χ0) is 20.0. The first kappa shape index (κ1) is 17.9. The van der Waals surface area contributed by atoms with Gasteiger partial charge in [0.05, 0.1) is 11.1 Å². The standard InChI is InChI=1S/C22H20FN3O3/c23-16-8-7-14-19-21(16)29-18-6-2-1-5-17(18)26(19)13-15(20(14)27)22(28)24-9-12-25-10-3-4-11-25/h1-2,5-8,13H,3-4,9-12H2,(H,24,28). The third-order valence-electron chi connectivity index (χ3n) is 5.57. The molecule has 29 heavy (non-hydrogen) atoms. The average Bonchev–Trinajstić information content (AvgIpc) is 3.25. The van der Waals surface area contributed by atoms with Gasteiger partial charge in [-0.15, -0.1) is 0 Å². The van der Waals surface area contributed by atoms with Crippen molar-refractivity contribution in [3.63, 3.8) is 0 Å². The number of pyridine rings is 1. The average molecular weight is 393 g/mol. The van der Waals surface area contributed by atoms with Crippen molar-refractivity contribution in [3.8, 4) is 17.2 Å². The Hall–Kier alpha value is -3.19. The number of fused-ring (bicyclic) bond motifs is 2. The molecule has 2 aliphatic rings. The highest BCUT2D eigenvalue weighted by molar-refractivity contribution is 5.99. The number of para-hydroxylation sites is 2. The summed E-state index contributed by atoms with van der Waals surface area (Å²) in [6.45, 7) is 3.33. The van der Waals surface area contributed by atoms with Gasteiger partial charge in [0.2, 0.25) is 5.43 Å². The number of halogens is 1. The van der Waals surface area contributed by atoms with Crippen LogP contribution in [0.4, 0.5) is 4.39 Å². The van der Waals surface area contributed by atoms with Crippen molar-refractivity contribution in [2.75, 3.05) is 26.2 Å². The van der Waals surface area contributed by atoms with Crippen molar-refractivity contribution in [2.45, 2.75) is 12.8 Å². The first-order chi connectivity index (χ1) is 14.1. The molecule has 3 aromatic rings. The molecular weight excluding hydrogens is 373 g/mol. The number of nitrogens with one attached hydrogen (secondary N) is 1. The van der Waals surface area contributed by atoms with E-state index >= 15 is 0 Å². The Morgan fingerprint density at radius 2 is 1.93 bits per heavy atom. The number of benzene rings is 2. The largest absolute Gasteiger partial charge is 0.450 e. The molecule has 0 saturated carbocycles. The molecule has 2 aliphatic heterocycles. The van der Waals surface area contributed by atoms with Gasteiger partial charge in [0.15, 0.2) is 17.3 Å². The van der Waals surface area contributed by atoms with Crippen molar-refractivity contribution >= 4 is 16.8 Å². The van der Waals surface area contributed by atoms with Crippen molar-refractivity contribution in [3.05, 3.63) is 64.2 Å². The number of ether oxygens (including phenoxy) is 1. The van der Waals surface area contributed by atoms with Gasteiger partial charge in [0, 0.05) is 19.3 Å². The predicted octanol–water partition coefficient (Wildman–Crippen LogP) is 3.06. The smallest absolute Gasteiger partial charge is 0.256 e. The molecule has 148 valence electrons. The summed E-state index contributed by atoms with van der Waals surface area (Å²) in [5, 5.41) is 3.10. The topological polar surface area (TPSA) is 63.6 Å². The molecule has 3 heterocycles. The molecule has 1 fully saturated rings. The van der Waals surface area contributed by atoms with Crippen LogP contribution in [-0.2, 0) is 0 Å². The molecule has 2 aromatic carbocycles. The van der Waals surface area contributed by atoms with Gasteiger partial charge < -0.3 is 19.5 Å². The number of rotatable bonds is 4. The number of hydrogen-bond acceptors (Lipinski definition) is 4. The summed E-state index contributed by atoms with van der Waals surface area (Å²) in [4.78, 5) is 28.1. The SMILES string of the molecule is O=C(NCCN1CCCC1)c1cn2c3c(c(F)ccc3c1=O)Oc1ccccc1-2. The molecule has 0 atom stereocenters. The summed E-state index contributed by atoms with van der Waals surface area (Å²) < 4.78 is 21.8. The second kappa shape index (κ2) is 7.00. The van der Waals surface area contributed by atoms with E-state index in [4.69, 9.17) is 4.74 Å². The van der Waals surface area contributed by atoms with Crippen LogP contribution < -0.4 is 15.5 Å². The highest BCUT2D eigenvalue weighted by Crippen LogP contribution is 2.40. The Balaban J connectivity index is 1.56. The van der Waals surface area contributed by atoms with E-state index in [9.17, 15) is 14.0 Å². The molecule has 6 nitrogen and oxygen atoms in total. The lowest BCUT2D eigenvalue weighted by molar-refractivity contribution is 0.0948. The lowest BCUT2D eigenvalue weighted by Gasteiger charge is -2.24. The van der Waals surface area contributed by atoms with Crippen LogP contribution in [0.2, 0.25) is 0 Å². The van der Waals surface area contributed by atoms with Crippen molar-refractivity contribution < 1.29 is 13.9 Å². The lowest BCUT2D eigenvalue weighted by Crippen LogP contribution is -2.36. The number of aromatic nitrogens is 1. The fourth-order valence-corrected chi connectivity index (χ4v) is 4.10. The second-order valence-corrected chi connectivity index (χ2v) is 7.39. The molecule has 0 spiro atoms. The third-order valence-corrected chi connectivity index (χ3v) is 5.57. The Kier molecular flexibility index (Phi) is 4.32. The van der Waals surface area contributed by atoms with E-state index in [-0.39, 0.29) is 16.7 Å². The van der Waals surface area contributed by atoms with Gasteiger partial charge in [-0.3, -0.25) is 9.59 Å². The molecule has 1 amide bonds. The van der Waals surface area contributed by atoms with Crippen LogP contribution in [0.15, 0.2) is 47.4 Å². The quantitative estimate of drug-likeness (QED) is 0.579. The third kappa shape index (κ3) is 2.98.